The van der Waals surface area contributed by atoms with E-state index < -0.39 is 6.10 Å². The Bertz CT molecular complexity index is 514. The SMILES string of the molecule is Cc1cc(C)c(C(O)C2C3CC4CC(C3)CC2C4)c(F)c1. The Morgan fingerprint density at radius 1 is 1.00 bits per heavy atom. The summed E-state index contributed by atoms with van der Waals surface area (Å²) in [6.07, 6.45) is 5.86. The fourth-order valence-electron chi connectivity index (χ4n) is 5.98. The quantitative estimate of drug-likeness (QED) is 0.846. The maximum Gasteiger partial charge on any atom is 0.129 e. The summed E-state index contributed by atoms with van der Waals surface area (Å²) in [4.78, 5) is 0. The van der Waals surface area contributed by atoms with Gasteiger partial charge in [-0.1, -0.05) is 6.07 Å². The molecule has 0 amide bonds. The molecule has 0 aromatic heterocycles. The van der Waals surface area contributed by atoms with Crippen LogP contribution >= 0.6 is 0 Å². The average molecular weight is 288 g/mol. The van der Waals surface area contributed by atoms with Crippen LogP contribution in [0.5, 0.6) is 0 Å². The van der Waals surface area contributed by atoms with Gasteiger partial charge in [-0.2, -0.15) is 0 Å². The topological polar surface area (TPSA) is 20.2 Å². The molecular formula is C19H25FO. The van der Waals surface area contributed by atoms with E-state index in [2.05, 4.69) is 0 Å². The van der Waals surface area contributed by atoms with Crippen LogP contribution in [0.25, 0.3) is 0 Å². The third-order valence-corrected chi connectivity index (χ3v) is 6.44. The van der Waals surface area contributed by atoms with Crippen molar-refractivity contribution in [3.63, 3.8) is 0 Å². The van der Waals surface area contributed by atoms with E-state index in [1.54, 1.807) is 6.07 Å². The summed E-state index contributed by atoms with van der Waals surface area (Å²) >= 11 is 0. The van der Waals surface area contributed by atoms with Crippen LogP contribution in [0.15, 0.2) is 12.1 Å². The minimum absolute atomic E-state index is 0.214. The second kappa shape index (κ2) is 4.81. The molecule has 4 saturated carbocycles. The fraction of sp³-hybridized carbons (Fsp3) is 0.684. The molecule has 4 fully saturated rings. The molecule has 2 heteroatoms. The monoisotopic (exact) mass is 288 g/mol. The van der Waals surface area contributed by atoms with Crippen LogP contribution in [-0.4, -0.2) is 5.11 Å². The molecule has 21 heavy (non-hydrogen) atoms. The fourth-order valence-corrected chi connectivity index (χ4v) is 5.98. The summed E-state index contributed by atoms with van der Waals surface area (Å²) in [6.45, 7) is 3.85. The van der Waals surface area contributed by atoms with Gasteiger partial charge in [-0.3, -0.25) is 0 Å². The minimum atomic E-state index is -0.611. The van der Waals surface area contributed by atoms with Gasteiger partial charge in [-0.15, -0.1) is 0 Å². The van der Waals surface area contributed by atoms with Gasteiger partial charge < -0.3 is 5.11 Å². The molecule has 5 rings (SSSR count). The summed E-state index contributed by atoms with van der Waals surface area (Å²) in [5.74, 6) is 3.09. The molecule has 0 heterocycles. The molecule has 1 atom stereocenters. The highest BCUT2D eigenvalue weighted by Crippen LogP contribution is 2.59. The van der Waals surface area contributed by atoms with E-state index in [4.69, 9.17) is 0 Å². The van der Waals surface area contributed by atoms with Gasteiger partial charge in [0, 0.05) is 5.56 Å². The van der Waals surface area contributed by atoms with Gasteiger partial charge in [0.2, 0.25) is 0 Å². The number of aryl methyl sites for hydroxylation is 2. The molecule has 4 aliphatic carbocycles. The molecule has 4 aliphatic rings. The number of aliphatic hydroxyl groups is 1. The summed E-state index contributed by atoms with van der Waals surface area (Å²) in [5, 5.41) is 11.0. The van der Waals surface area contributed by atoms with Gasteiger partial charge in [0.25, 0.3) is 0 Å². The van der Waals surface area contributed by atoms with Crippen LogP contribution in [0.3, 0.4) is 0 Å². The Kier molecular flexibility index (Phi) is 3.15. The predicted octanol–water partition coefficient (Wildman–Crippen LogP) is 4.55. The molecule has 0 saturated heterocycles. The second-order valence-electron chi connectivity index (χ2n) is 7.93. The average Bonchev–Trinajstić information content (AvgIpc) is 2.35. The second-order valence-corrected chi connectivity index (χ2v) is 7.93. The highest BCUT2D eigenvalue weighted by molar-refractivity contribution is 5.34. The maximum absolute atomic E-state index is 14.4. The highest BCUT2D eigenvalue weighted by atomic mass is 19.1. The first-order chi connectivity index (χ1) is 10.0. The van der Waals surface area contributed by atoms with Crippen molar-refractivity contribution in [1.82, 2.24) is 0 Å². The lowest BCUT2D eigenvalue weighted by molar-refractivity contribution is -0.0917. The molecule has 0 aliphatic heterocycles. The number of halogens is 1. The van der Waals surface area contributed by atoms with Gasteiger partial charge in [-0.25, -0.2) is 4.39 Å². The molecule has 0 spiro atoms. The van der Waals surface area contributed by atoms with Crippen molar-refractivity contribution < 1.29 is 9.50 Å². The van der Waals surface area contributed by atoms with Gasteiger partial charge >= 0.3 is 0 Å². The van der Waals surface area contributed by atoms with Crippen molar-refractivity contribution in [2.75, 3.05) is 0 Å². The van der Waals surface area contributed by atoms with E-state index in [0.29, 0.717) is 17.4 Å². The number of hydrogen-bond donors (Lipinski definition) is 1. The Morgan fingerprint density at radius 2 is 1.57 bits per heavy atom. The lowest BCUT2D eigenvalue weighted by Crippen LogP contribution is -2.47. The van der Waals surface area contributed by atoms with E-state index >= 15 is 0 Å². The van der Waals surface area contributed by atoms with Crippen molar-refractivity contribution in [2.45, 2.75) is 52.1 Å². The Labute approximate surface area is 126 Å². The minimum Gasteiger partial charge on any atom is -0.388 e. The van der Waals surface area contributed by atoms with Crippen LogP contribution < -0.4 is 0 Å². The van der Waals surface area contributed by atoms with Gasteiger partial charge in [0.15, 0.2) is 0 Å². The van der Waals surface area contributed by atoms with E-state index in [0.717, 1.165) is 23.0 Å². The van der Waals surface area contributed by atoms with Gasteiger partial charge in [-0.05, 0) is 92.7 Å². The zero-order valence-electron chi connectivity index (χ0n) is 13.0. The molecule has 4 bridgehead atoms. The Balaban J connectivity index is 1.68. The molecule has 1 nitrogen and oxygen atoms in total. The summed E-state index contributed by atoms with van der Waals surface area (Å²) in [6, 6.07) is 3.57. The first kappa shape index (κ1) is 13.8. The molecule has 1 unspecified atom stereocenters. The lowest BCUT2D eigenvalue weighted by atomic mass is 9.50. The van der Waals surface area contributed by atoms with Crippen molar-refractivity contribution in [1.29, 1.82) is 0 Å². The number of benzene rings is 1. The van der Waals surface area contributed by atoms with Gasteiger partial charge in [0.05, 0.1) is 6.10 Å². The zero-order valence-corrected chi connectivity index (χ0v) is 13.0. The molecule has 0 radical (unpaired) electrons. The number of hydrogen-bond acceptors (Lipinski definition) is 1. The van der Waals surface area contributed by atoms with Crippen LogP contribution in [0.4, 0.5) is 4.39 Å². The van der Waals surface area contributed by atoms with E-state index in [9.17, 15) is 9.50 Å². The Morgan fingerprint density at radius 3 is 2.10 bits per heavy atom. The van der Waals surface area contributed by atoms with Crippen LogP contribution in [0.1, 0.15) is 54.9 Å². The predicted molar refractivity (Wildman–Crippen MR) is 81.4 cm³/mol. The van der Waals surface area contributed by atoms with Gasteiger partial charge in [0.1, 0.15) is 5.82 Å². The molecule has 1 aromatic carbocycles. The maximum atomic E-state index is 14.4. The largest absolute Gasteiger partial charge is 0.388 e. The third kappa shape index (κ3) is 2.14. The van der Waals surface area contributed by atoms with Crippen molar-refractivity contribution in [3.8, 4) is 0 Å². The van der Waals surface area contributed by atoms with E-state index in [1.165, 1.54) is 32.1 Å². The highest BCUT2D eigenvalue weighted by Gasteiger charge is 2.51. The van der Waals surface area contributed by atoms with Crippen molar-refractivity contribution in [2.24, 2.45) is 29.6 Å². The van der Waals surface area contributed by atoms with Crippen molar-refractivity contribution in [3.05, 3.63) is 34.6 Å². The van der Waals surface area contributed by atoms with Crippen LogP contribution in [0.2, 0.25) is 0 Å². The van der Waals surface area contributed by atoms with E-state index in [-0.39, 0.29) is 11.7 Å². The third-order valence-electron chi connectivity index (χ3n) is 6.44. The zero-order chi connectivity index (χ0) is 14.7. The van der Waals surface area contributed by atoms with Crippen LogP contribution in [-0.2, 0) is 0 Å². The summed E-state index contributed by atoms with van der Waals surface area (Å²) in [5.41, 5.74) is 2.41. The molecule has 114 valence electrons. The number of rotatable bonds is 2. The standard InChI is InChI=1S/C19H25FO/c1-10-3-11(2)17(16(20)4-10)19(21)18-14-6-12-5-13(8-14)9-15(18)7-12/h3-4,12-15,18-19,21H,5-9H2,1-2H3. The summed E-state index contributed by atoms with van der Waals surface area (Å²) in [7, 11) is 0. The summed E-state index contributed by atoms with van der Waals surface area (Å²) < 4.78 is 14.4. The van der Waals surface area contributed by atoms with Crippen LogP contribution in [0, 0.1) is 49.3 Å². The normalized spacial score (nSPS) is 38.8. The lowest BCUT2D eigenvalue weighted by Gasteiger charge is -2.55. The smallest absolute Gasteiger partial charge is 0.129 e. The first-order valence-electron chi connectivity index (χ1n) is 8.47. The van der Waals surface area contributed by atoms with E-state index in [1.807, 2.05) is 19.9 Å². The molecular weight excluding hydrogens is 263 g/mol. The molecule has 1 N–H and O–H groups in total. The Hall–Kier alpha value is -0.890. The first-order valence-corrected chi connectivity index (χ1v) is 8.47. The van der Waals surface area contributed by atoms with Crippen molar-refractivity contribution >= 4 is 0 Å². The number of aliphatic hydroxyl groups excluding tert-OH is 1. The molecule has 1 aromatic rings.